The third-order valence-electron chi connectivity index (χ3n) is 4.87. The second-order valence-electron chi connectivity index (χ2n) is 6.80. The van der Waals surface area contributed by atoms with Gasteiger partial charge in [-0.15, -0.1) is 0 Å². The van der Waals surface area contributed by atoms with E-state index in [1.807, 2.05) is 31.2 Å². The third-order valence-corrected chi connectivity index (χ3v) is 4.87. The minimum atomic E-state index is -0.167. The molecule has 2 aromatic rings. The van der Waals surface area contributed by atoms with Gasteiger partial charge in [0, 0.05) is 25.2 Å². The van der Waals surface area contributed by atoms with Crippen LogP contribution in [-0.4, -0.2) is 48.1 Å². The van der Waals surface area contributed by atoms with Crippen molar-refractivity contribution in [3.8, 4) is 0 Å². The number of H-pyrrole nitrogens is 1. The van der Waals surface area contributed by atoms with Crippen LogP contribution in [0.1, 0.15) is 11.1 Å². The number of hydrogen-bond donors (Lipinski definition) is 2. The van der Waals surface area contributed by atoms with Crippen LogP contribution in [-0.2, 0) is 16.1 Å². The Kier molecular flexibility index (Phi) is 3.86. The van der Waals surface area contributed by atoms with Gasteiger partial charge in [0.15, 0.2) is 0 Å². The lowest BCUT2D eigenvalue weighted by Gasteiger charge is -2.27. The molecule has 2 saturated heterocycles. The molecule has 1 aromatic carbocycles. The molecular formula is C18H21N3O3. The normalized spacial score (nSPS) is 24.6. The van der Waals surface area contributed by atoms with Gasteiger partial charge >= 0.3 is 0 Å². The second kappa shape index (κ2) is 6.03. The molecule has 3 heterocycles. The molecule has 0 unspecified atom stereocenters. The predicted molar refractivity (Wildman–Crippen MR) is 90.8 cm³/mol. The number of carbonyl (C=O) groups excluding carboxylic acids is 1. The van der Waals surface area contributed by atoms with Crippen molar-refractivity contribution in [3.05, 3.63) is 45.7 Å². The first-order valence-electron chi connectivity index (χ1n) is 8.32. The van der Waals surface area contributed by atoms with Gasteiger partial charge in [-0.1, -0.05) is 18.2 Å². The van der Waals surface area contributed by atoms with Crippen molar-refractivity contribution < 1.29 is 9.53 Å². The quantitative estimate of drug-likeness (QED) is 0.855. The summed E-state index contributed by atoms with van der Waals surface area (Å²) in [5.41, 5.74) is 2.64. The number of aromatic amines is 1. The number of amides is 1. The number of para-hydroxylation sites is 1. The summed E-state index contributed by atoms with van der Waals surface area (Å²) in [6.07, 6.45) is 0. The maximum Gasteiger partial charge on any atom is 0.252 e. The fourth-order valence-corrected chi connectivity index (χ4v) is 3.64. The van der Waals surface area contributed by atoms with Gasteiger partial charge in [0.2, 0.25) is 5.91 Å². The summed E-state index contributed by atoms with van der Waals surface area (Å²) in [5.74, 6) is -0.109. The largest absolute Gasteiger partial charge is 0.378 e. The Morgan fingerprint density at radius 3 is 3.00 bits per heavy atom. The first-order valence-corrected chi connectivity index (χ1v) is 8.32. The first kappa shape index (κ1) is 15.4. The number of fused-ring (bicyclic) bond motifs is 4. The molecule has 6 heteroatoms. The van der Waals surface area contributed by atoms with Crippen LogP contribution < -0.4 is 10.9 Å². The summed E-state index contributed by atoms with van der Waals surface area (Å²) in [6.45, 7) is 4.84. The molecule has 2 fully saturated rings. The maximum absolute atomic E-state index is 12.5. The number of ether oxygens (including phenoxy) is 1. The van der Waals surface area contributed by atoms with Gasteiger partial charge in [0.1, 0.15) is 0 Å². The summed E-state index contributed by atoms with van der Waals surface area (Å²) < 4.78 is 5.55. The van der Waals surface area contributed by atoms with Crippen molar-refractivity contribution in [2.75, 3.05) is 26.3 Å². The molecule has 0 aliphatic carbocycles. The van der Waals surface area contributed by atoms with E-state index in [-0.39, 0.29) is 23.4 Å². The fourth-order valence-electron chi connectivity index (χ4n) is 3.64. The second-order valence-corrected chi connectivity index (χ2v) is 6.80. The molecule has 2 bridgehead atoms. The first-order chi connectivity index (χ1) is 11.6. The van der Waals surface area contributed by atoms with Gasteiger partial charge in [-0.05, 0) is 23.9 Å². The Hall–Kier alpha value is -2.18. The highest BCUT2D eigenvalue weighted by atomic mass is 16.5. The number of carbonyl (C=O) groups is 1. The van der Waals surface area contributed by atoms with Gasteiger partial charge in [-0.2, -0.15) is 0 Å². The zero-order valence-corrected chi connectivity index (χ0v) is 13.7. The van der Waals surface area contributed by atoms with Crippen molar-refractivity contribution in [2.45, 2.75) is 19.5 Å². The lowest BCUT2D eigenvalue weighted by atomic mass is 10.1. The van der Waals surface area contributed by atoms with E-state index in [4.69, 9.17) is 4.74 Å². The minimum Gasteiger partial charge on any atom is -0.378 e. The Morgan fingerprint density at radius 2 is 2.12 bits per heavy atom. The molecule has 0 spiro atoms. The lowest BCUT2D eigenvalue weighted by Crippen LogP contribution is -2.42. The molecule has 2 aliphatic rings. The number of nitrogens with zero attached hydrogens (tertiary/aromatic N) is 1. The smallest absolute Gasteiger partial charge is 0.252 e. The lowest BCUT2D eigenvalue weighted by molar-refractivity contribution is -0.125. The van der Waals surface area contributed by atoms with Crippen molar-refractivity contribution >= 4 is 16.8 Å². The highest BCUT2D eigenvalue weighted by molar-refractivity contribution is 5.82. The molecule has 2 N–H and O–H groups in total. The minimum absolute atomic E-state index is 0.00761. The number of aryl methyl sites for hydroxylation is 1. The van der Waals surface area contributed by atoms with E-state index in [0.29, 0.717) is 32.8 Å². The van der Waals surface area contributed by atoms with E-state index in [9.17, 15) is 9.59 Å². The summed E-state index contributed by atoms with van der Waals surface area (Å²) in [7, 11) is 0. The Labute approximate surface area is 139 Å². The Morgan fingerprint density at radius 1 is 1.25 bits per heavy atom. The average molecular weight is 327 g/mol. The predicted octanol–water partition coefficient (Wildman–Crippen LogP) is 0.783. The molecule has 6 nitrogen and oxygen atoms in total. The highest BCUT2D eigenvalue weighted by Gasteiger charge is 2.33. The fraction of sp³-hybridized carbons (Fsp3) is 0.444. The third kappa shape index (κ3) is 2.83. The molecule has 2 aliphatic heterocycles. The van der Waals surface area contributed by atoms with Gasteiger partial charge in [-0.3, -0.25) is 14.5 Å². The number of benzene rings is 1. The molecule has 0 saturated carbocycles. The molecule has 0 radical (unpaired) electrons. The van der Waals surface area contributed by atoms with Crippen LogP contribution in [0.4, 0.5) is 0 Å². The van der Waals surface area contributed by atoms with Gasteiger partial charge in [-0.25, -0.2) is 0 Å². The van der Waals surface area contributed by atoms with Crippen LogP contribution in [0.25, 0.3) is 10.9 Å². The van der Waals surface area contributed by atoms with Crippen LogP contribution >= 0.6 is 0 Å². The topological polar surface area (TPSA) is 74.4 Å². The van der Waals surface area contributed by atoms with Gasteiger partial charge in [0.05, 0.1) is 30.7 Å². The van der Waals surface area contributed by atoms with E-state index in [1.165, 1.54) is 0 Å². The average Bonchev–Trinajstić information content (AvgIpc) is 2.78. The SMILES string of the molecule is Cc1cccc2cc(CN3C[C@H]4COC[C@@H](C3)C(=O)N4)c(=O)[nH]c12. The molecular weight excluding hydrogens is 306 g/mol. The van der Waals surface area contributed by atoms with E-state index in [0.717, 1.165) is 22.0 Å². The van der Waals surface area contributed by atoms with Crippen LogP contribution in [0, 0.1) is 12.8 Å². The molecule has 2 atom stereocenters. The van der Waals surface area contributed by atoms with Crippen molar-refractivity contribution in [1.29, 1.82) is 0 Å². The number of hydrogen-bond acceptors (Lipinski definition) is 4. The van der Waals surface area contributed by atoms with Crippen molar-refractivity contribution in [2.24, 2.45) is 5.92 Å². The summed E-state index contributed by atoms with van der Waals surface area (Å²) in [4.78, 5) is 29.7. The van der Waals surface area contributed by atoms with E-state index in [1.54, 1.807) is 0 Å². The molecule has 126 valence electrons. The summed E-state index contributed by atoms with van der Waals surface area (Å²) in [6, 6.07) is 7.96. The number of pyridine rings is 1. The van der Waals surface area contributed by atoms with Crippen LogP contribution in [0.15, 0.2) is 29.1 Å². The van der Waals surface area contributed by atoms with E-state index < -0.39 is 0 Å². The zero-order chi connectivity index (χ0) is 16.7. The van der Waals surface area contributed by atoms with Crippen LogP contribution in [0.2, 0.25) is 0 Å². The van der Waals surface area contributed by atoms with E-state index in [2.05, 4.69) is 15.2 Å². The summed E-state index contributed by atoms with van der Waals surface area (Å²) in [5, 5.41) is 4.06. The molecule has 4 rings (SSSR count). The number of aromatic nitrogens is 1. The summed E-state index contributed by atoms with van der Waals surface area (Å²) >= 11 is 0. The maximum atomic E-state index is 12.5. The van der Waals surface area contributed by atoms with Gasteiger partial charge in [0.25, 0.3) is 5.56 Å². The number of rotatable bonds is 2. The molecule has 24 heavy (non-hydrogen) atoms. The highest BCUT2D eigenvalue weighted by Crippen LogP contribution is 2.18. The standard InChI is InChI=1S/C18H21N3O3/c1-11-3-2-4-12-5-13(17(22)20-16(11)12)6-21-7-14-9-24-10-15(8-21)19-18(14)23/h2-5,14-15H,6-10H2,1H3,(H,19,23)(H,20,22)/t14-,15+/m1/s1. The Bertz CT molecular complexity index is 845. The van der Waals surface area contributed by atoms with Crippen molar-refractivity contribution in [1.82, 2.24) is 15.2 Å². The van der Waals surface area contributed by atoms with Crippen molar-refractivity contribution in [3.63, 3.8) is 0 Å². The molecule has 1 amide bonds. The zero-order valence-electron chi connectivity index (χ0n) is 13.7. The monoisotopic (exact) mass is 327 g/mol. The number of nitrogens with one attached hydrogen (secondary N) is 2. The van der Waals surface area contributed by atoms with Gasteiger partial charge < -0.3 is 15.0 Å². The van der Waals surface area contributed by atoms with Crippen LogP contribution in [0.3, 0.4) is 0 Å². The Balaban J connectivity index is 1.63. The van der Waals surface area contributed by atoms with E-state index >= 15 is 0 Å². The molecule has 1 aromatic heterocycles. The van der Waals surface area contributed by atoms with Crippen LogP contribution in [0.5, 0.6) is 0 Å².